The average Bonchev–Trinajstić information content (AvgIpc) is 2.95. The fourth-order valence-corrected chi connectivity index (χ4v) is 5.18. The summed E-state index contributed by atoms with van der Waals surface area (Å²) in [5.41, 5.74) is -0.538. The summed E-state index contributed by atoms with van der Waals surface area (Å²) in [7, 11) is -2.22. The van der Waals surface area contributed by atoms with Gasteiger partial charge in [0, 0.05) is 31.7 Å². The minimum Gasteiger partial charge on any atom is -0.497 e. The van der Waals surface area contributed by atoms with E-state index in [4.69, 9.17) is 9.47 Å². The Bertz CT molecular complexity index is 709. The van der Waals surface area contributed by atoms with E-state index in [1.165, 1.54) is 23.5 Å². The summed E-state index contributed by atoms with van der Waals surface area (Å²) in [6.07, 6.45) is 1.14. The normalized spacial score (nSPS) is 24.1. The summed E-state index contributed by atoms with van der Waals surface area (Å²) in [6, 6.07) is 6.14. The van der Waals surface area contributed by atoms with E-state index in [2.05, 4.69) is 0 Å². The molecule has 24 heavy (non-hydrogen) atoms. The molecule has 1 N–H and O–H groups in total. The number of carbonyl (C=O) groups is 1. The van der Waals surface area contributed by atoms with Gasteiger partial charge in [0.25, 0.3) is 0 Å². The summed E-state index contributed by atoms with van der Waals surface area (Å²) in [4.78, 5) is 11.8. The van der Waals surface area contributed by atoms with Crippen molar-refractivity contribution in [3.63, 3.8) is 0 Å². The topological polar surface area (TPSA) is 93.1 Å². The molecule has 8 heteroatoms. The first-order chi connectivity index (χ1) is 11.4. The summed E-state index contributed by atoms with van der Waals surface area (Å²) >= 11 is 0. The second-order valence-corrected chi connectivity index (χ2v) is 8.28. The van der Waals surface area contributed by atoms with Crippen molar-refractivity contribution >= 4 is 16.0 Å². The van der Waals surface area contributed by atoms with Crippen molar-refractivity contribution < 1.29 is 27.8 Å². The van der Waals surface area contributed by atoms with E-state index in [1.54, 1.807) is 12.1 Å². The summed E-state index contributed by atoms with van der Waals surface area (Å²) < 4.78 is 37.5. The molecule has 2 heterocycles. The van der Waals surface area contributed by atoms with E-state index in [0.717, 1.165) is 0 Å². The van der Waals surface area contributed by atoms with Gasteiger partial charge in [-0.25, -0.2) is 8.42 Å². The predicted molar refractivity (Wildman–Crippen MR) is 85.4 cm³/mol. The number of carboxylic acids is 1. The van der Waals surface area contributed by atoms with Gasteiger partial charge in [0.15, 0.2) is 0 Å². The van der Waals surface area contributed by atoms with Gasteiger partial charge in [-0.3, -0.25) is 4.79 Å². The highest BCUT2D eigenvalue weighted by molar-refractivity contribution is 7.89. The standard InChI is InChI=1S/C16H21NO6S/c1-22-12-2-4-13(5-3-12)24(20,21)17-10-14(15(18)19)16(11-17)6-8-23-9-7-16/h2-5,14H,6-11H2,1H3,(H,18,19). The number of rotatable bonds is 4. The van der Waals surface area contributed by atoms with E-state index in [0.29, 0.717) is 31.8 Å². The average molecular weight is 355 g/mol. The maximum Gasteiger partial charge on any atom is 0.308 e. The van der Waals surface area contributed by atoms with Gasteiger partial charge < -0.3 is 14.6 Å². The van der Waals surface area contributed by atoms with Crippen molar-refractivity contribution in [2.75, 3.05) is 33.4 Å². The fraction of sp³-hybridized carbons (Fsp3) is 0.562. The molecule has 0 saturated carbocycles. The molecular formula is C16H21NO6S. The zero-order valence-electron chi connectivity index (χ0n) is 13.5. The van der Waals surface area contributed by atoms with Crippen LogP contribution in [0, 0.1) is 11.3 Å². The Balaban J connectivity index is 1.89. The van der Waals surface area contributed by atoms with Gasteiger partial charge >= 0.3 is 5.97 Å². The summed E-state index contributed by atoms with van der Waals surface area (Å²) in [5.74, 6) is -1.07. The van der Waals surface area contributed by atoms with Gasteiger partial charge in [0.1, 0.15) is 5.75 Å². The number of benzene rings is 1. The first-order valence-electron chi connectivity index (χ1n) is 7.84. The van der Waals surface area contributed by atoms with Gasteiger partial charge in [0.2, 0.25) is 10.0 Å². The minimum atomic E-state index is -3.73. The molecule has 0 radical (unpaired) electrons. The summed E-state index contributed by atoms with van der Waals surface area (Å²) in [6.45, 7) is 1.17. The molecule has 0 amide bonds. The molecule has 1 aromatic rings. The van der Waals surface area contributed by atoms with Crippen LogP contribution in [0.15, 0.2) is 29.2 Å². The molecule has 132 valence electrons. The van der Waals surface area contributed by atoms with Crippen LogP contribution in [0.4, 0.5) is 0 Å². The van der Waals surface area contributed by atoms with Crippen LogP contribution in [0.25, 0.3) is 0 Å². The molecule has 7 nitrogen and oxygen atoms in total. The zero-order valence-corrected chi connectivity index (χ0v) is 14.3. The third-order valence-electron chi connectivity index (χ3n) is 5.10. The lowest BCUT2D eigenvalue weighted by Crippen LogP contribution is -2.40. The first kappa shape index (κ1) is 17.2. The maximum atomic E-state index is 12.9. The van der Waals surface area contributed by atoms with Crippen LogP contribution in [0.2, 0.25) is 0 Å². The van der Waals surface area contributed by atoms with Gasteiger partial charge in [0.05, 0.1) is 17.9 Å². The molecular weight excluding hydrogens is 334 g/mol. The molecule has 2 aliphatic rings. The molecule has 0 bridgehead atoms. The summed E-state index contributed by atoms with van der Waals surface area (Å²) in [5, 5.41) is 9.57. The van der Waals surface area contributed by atoms with E-state index >= 15 is 0 Å². The number of carboxylic acid groups (broad SMARTS) is 1. The molecule has 0 aliphatic carbocycles. The number of sulfonamides is 1. The van der Waals surface area contributed by atoms with E-state index in [9.17, 15) is 18.3 Å². The van der Waals surface area contributed by atoms with Crippen LogP contribution in [0.1, 0.15) is 12.8 Å². The molecule has 1 atom stereocenters. The highest BCUT2D eigenvalue weighted by Gasteiger charge is 2.53. The molecule has 2 fully saturated rings. The van der Waals surface area contributed by atoms with Crippen LogP contribution >= 0.6 is 0 Å². The molecule has 2 saturated heterocycles. The Morgan fingerprint density at radius 3 is 2.46 bits per heavy atom. The lowest BCUT2D eigenvalue weighted by atomic mass is 9.72. The van der Waals surface area contributed by atoms with Gasteiger partial charge in [-0.2, -0.15) is 4.31 Å². The molecule has 0 aromatic heterocycles. The molecule has 1 aromatic carbocycles. The highest BCUT2D eigenvalue weighted by Crippen LogP contribution is 2.46. The lowest BCUT2D eigenvalue weighted by molar-refractivity contribution is -0.146. The lowest BCUT2D eigenvalue weighted by Gasteiger charge is -2.36. The van der Waals surface area contributed by atoms with Crippen LogP contribution in [0.3, 0.4) is 0 Å². The Hall–Kier alpha value is -1.64. The smallest absolute Gasteiger partial charge is 0.308 e. The van der Waals surface area contributed by atoms with Gasteiger partial charge in [-0.1, -0.05) is 0 Å². The Morgan fingerprint density at radius 1 is 1.29 bits per heavy atom. The van der Waals surface area contributed by atoms with Crippen molar-refractivity contribution in [3.8, 4) is 5.75 Å². The van der Waals surface area contributed by atoms with Gasteiger partial charge in [-0.15, -0.1) is 0 Å². The fourth-order valence-electron chi connectivity index (χ4n) is 3.63. The number of nitrogens with zero attached hydrogens (tertiary/aromatic N) is 1. The van der Waals surface area contributed by atoms with Gasteiger partial charge in [-0.05, 0) is 37.1 Å². The van der Waals surface area contributed by atoms with Crippen molar-refractivity contribution in [2.24, 2.45) is 11.3 Å². The predicted octanol–water partition coefficient (Wildman–Crippen LogP) is 1.20. The molecule has 3 rings (SSSR count). The number of hydrogen-bond donors (Lipinski definition) is 1. The zero-order chi connectivity index (χ0) is 17.4. The van der Waals surface area contributed by atoms with Crippen LogP contribution < -0.4 is 4.74 Å². The second kappa shape index (κ2) is 6.34. The van der Waals surface area contributed by atoms with Crippen LogP contribution in [-0.2, 0) is 19.6 Å². The minimum absolute atomic E-state index is 0.00367. The van der Waals surface area contributed by atoms with Crippen molar-refractivity contribution in [1.82, 2.24) is 4.31 Å². The monoisotopic (exact) mass is 355 g/mol. The third-order valence-corrected chi connectivity index (χ3v) is 6.93. The van der Waals surface area contributed by atoms with Crippen molar-refractivity contribution in [2.45, 2.75) is 17.7 Å². The second-order valence-electron chi connectivity index (χ2n) is 6.34. The number of methoxy groups -OCH3 is 1. The SMILES string of the molecule is COc1ccc(S(=O)(=O)N2CC(C(=O)O)C3(CCOCC3)C2)cc1. The first-order valence-corrected chi connectivity index (χ1v) is 9.28. The maximum absolute atomic E-state index is 12.9. The van der Waals surface area contributed by atoms with Crippen LogP contribution in [-0.4, -0.2) is 57.2 Å². The van der Waals surface area contributed by atoms with E-state index in [1.807, 2.05) is 0 Å². The van der Waals surface area contributed by atoms with E-state index in [-0.39, 0.29) is 18.0 Å². The van der Waals surface area contributed by atoms with Crippen molar-refractivity contribution in [3.05, 3.63) is 24.3 Å². The highest BCUT2D eigenvalue weighted by atomic mass is 32.2. The third kappa shape index (κ3) is 2.89. The quantitative estimate of drug-likeness (QED) is 0.872. The molecule has 2 aliphatic heterocycles. The number of aliphatic carboxylic acids is 1. The van der Waals surface area contributed by atoms with Crippen LogP contribution in [0.5, 0.6) is 5.75 Å². The Kier molecular flexibility index (Phi) is 4.54. The Labute approximate surface area is 141 Å². The number of hydrogen-bond acceptors (Lipinski definition) is 5. The largest absolute Gasteiger partial charge is 0.497 e. The van der Waals surface area contributed by atoms with Crippen molar-refractivity contribution in [1.29, 1.82) is 0 Å². The Morgan fingerprint density at radius 2 is 1.92 bits per heavy atom. The molecule has 1 spiro atoms. The number of ether oxygens (including phenoxy) is 2. The van der Waals surface area contributed by atoms with E-state index < -0.39 is 27.3 Å². The molecule has 1 unspecified atom stereocenters.